The lowest BCUT2D eigenvalue weighted by atomic mass is 9.80. The van der Waals surface area contributed by atoms with E-state index >= 15 is 0 Å². The summed E-state index contributed by atoms with van der Waals surface area (Å²) in [6.45, 7) is 17.7. The van der Waals surface area contributed by atoms with Gasteiger partial charge < -0.3 is 88.0 Å². The molecule has 2 aromatic heterocycles. The fourth-order valence-electron chi connectivity index (χ4n) is 11.3. The highest BCUT2D eigenvalue weighted by Crippen LogP contribution is 2.42. The highest BCUT2D eigenvalue weighted by Gasteiger charge is 2.40. The first-order valence-electron chi connectivity index (χ1n) is 35.7. The van der Waals surface area contributed by atoms with E-state index in [1.54, 1.807) is 56.0 Å². The van der Waals surface area contributed by atoms with Gasteiger partial charge in [-0.1, -0.05) is 98.5 Å². The van der Waals surface area contributed by atoms with Crippen molar-refractivity contribution >= 4 is 79.3 Å². The number of esters is 2. The van der Waals surface area contributed by atoms with Gasteiger partial charge in [-0.3, -0.25) is 4.79 Å². The summed E-state index contributed by atoms with van der Waals surface area (Å²) in [4.78, 5) is 69.7. The Kier molecular flexibility index (Phi) is 39.6. The highest BCUT2D eigenvalue weighted by atomic mass is 35.5. The van der Waals surface area contributed by atoms with Crippen molar-refractivity contribution in [2.24, 2.45) is 39.9 Å². The largest absolute Gasteiger partial charge is 0.507 e. The molecule has 4 heterocycles. The number of ether oxygens (including phenoxy) is 4. The summed E-state index contributed by atoms with van der Waals surface area (Å²) in [5, 5.41) is 33.4. The number of thiazole rings is 1. The van der Waals surface area contributed by atoms with Crippen molar-refractivity contribution in [3.05, 3.63) is 182 Å². The average Bonchev–Trinajstić information content (AvgIpc) is 0.989. The topological polar surface area (TPSA) is 399 Å². The zero-order valence-corrected chi connectivity index (χ0v) is 65.5. The molecule has 0 aliphatic carbocycles. The normalized spacial score (nSPS) is 13.9. The predicted octanol–water partition coefficient (Wildman–Crippen LogP) is 13.1. The molecule has 0 saturated heterocycles. The molecule has 3 atom stereocenters. The van der Waals surface area contributed by atoms with Crippen LogP contribution in [0.1, 0.15) is 150 Å². The molecule has 0 bridgehead atoms. The van der Waals surface area contributed by atoms with Crippen LogP contribution in [0.5, 0.6) is 11.5 Å². The Hall–Kier alpha value is -9.84. The quantitative estimate of drug-likeness (QED) is 0.00307. The zero-order chi connectivity index (χ0) is 83.6. The molecule has 35 heteroatoms. The van der Waals surface area contributed by atoms with Gasteiger partial charge in [0.05, 0.1) is 77.7 Å². The van der Waals surface area contributed by atoms with E-state index in [4.69, 9.17) is 75.3 Å². The number of carboxylic acids is 1. The predicted molar refractivity (Wildman–Crippen MR) is 412 cm³/mol. The number of ketones is 1. The lowest BCUT2D eigenvalue weighted by Gasteiger charge is -2.31. The third-order valence-corrected chi connectivity index (χ3v) is 17.6. The van der Waals surface area contributed by atoms with Gasteiger partial charge in [-0.15, -0.1) is 10.2 Å². The number of Topliss-reactive ketones (excluding diaryl/α,β-unsaturated/α-hetero) is 1. The van der Waals surface area contributed by atoms with Crippen LogP contribution in [-0.2, 0) is 63.9 Å². The lowest BCUT2D eigenvalue weighted by molar-refractivity contribution is -0.159. The molecule has 1 amide bonds. The van der Waals surface area contributed by atoms with Crippen molar-refractivity contribution in [2.45, 2.75) is 151 Å². The molecule has 0 radical (unpaired) electrons. The fraction of sp³-hybridized carbons (Fsp3) is 0.442. The number of allylic oxidation sites excluding steroid dienone is 1. The molecular weight excluding hydrogens is 1520 g/mol. The summed E-state index contributed by atoms with van der Waals surface area (Å²) in [6, 6.07) is 21.1. The number of nitrogen functional groups attached to an aromatic ring is 2. The first-order valence-corrected chi connectivity index (χ1v) is 36.9. The number of carbonyl (C=O) groups excluding carboxylic acids is 4. The monoisotopic (exact) mass is 1620 g/mol. The number of rotatable bonds is 29. The third-order valence-electron chi connectivity index (χ3n) is 16.4. The Balaban J connectivity index is 0.000000293. The maximum Gasteiger partial charge on any atom is 0.416 e. The number of aromatic hydroxyl groups is 1. The number of hydrogen-bond donors (Lipinski definition) is 9. The Bertz CT molecular complexity index is 4310. The molecule has 614 valence electrons. The summed E-state index contributed by atoms with van der Waals surface area (Å²) in [5.41, 5.74) is 36.7. The number of aromatic carboxylic acids is 1. The molecular formula is C77H100ClF8N13O12S. The fourth-order valence-corrected chi connectivity index (χ4v) is 12.3. The Morgan fingerprint density at radius 1 is 0.821 bits per heavy atom. The van der Waals surface area contributed by atoms with Crippen LogP contribution in [0.25, 0.3) is 10.2 Å². The molecule has 25 nitrogen and oxygen atoms in total. The third kappa shape index (κ3) is 31.4. The average molecular weight is 1620 g/mol. The number of aromatic nitrogens is 4. The molecule has 0 spiro atoms. The van der Waals surface area contributed by atoms with Crippen molar-refractivity contribution in [3.63, 3.8) is 0 Å². The summed E-state index contributed by atoms with van der Waals surface area (Å²) in [5.74, 6) is -3.87. The number of alkyl halides is 5. The van der Waals surface area contributed by atoms with Gasteiger partial charge in [-0.25, -0.2) is 32.5 Å². The number of dihydropyridines is 1. The minimum absolute atomic E-state index is 0.0223. The van der Waals surface area contributed by atoms with E-state index in [9.17, 15) is 59.1 Å². The number of methoxy groups -OCH3 is 1. The van der Waals surface area contributed by atoms with Crippen LogP contribution in [0.3, 0.4) is 0 Å². The second kappa shape index (κ2) is 46.9. The van der Waals surface area contributed by atoms with E-state index in [1.165, 1.54) is 60.9 Å². The standard InChI is InChI=1S/C20H25ClN2O5.C16H18F3N5O.C16H23F3N2O.C9H8F2N2OS.C9H19NO.C7H7NO3/c1-4-28-20(25)18-15(11-27-10-9-22)23-12(2)16(19(24)26-3)17(18)13-7-5-6-8-14(13)21;1-9-21-22-15-8-23(2-3-24(9)15)16(25)6-11(20)4-10-5-13(18)14(19)7-12(10)17;1-2-3-4-5-6-15(21-22-12-11-20)13-7-9-14(10-8-13)16(17,18)19;1-9(10,11)14-5-2-3-6-7(4-5)15-8(12)13-6;1-7(2)4-9(6-10)5-8(3)11;8-4-1-2-6(9)5(3-4)7(10)11/h5-8,17,23H,4,9-11,22H2,1-3H3;5,7,11H,2-4,6,8,20H2,1H3;7-10H,2-6,11-12,20H2,1H3;2-4H,1H3,(H2,12,13);7,9H,4-6,10H2,1-3H3;1-3,9H,8H2,(H,10,11)/b;;21-15-;;;. The number of carbonyl (C=O) groups is 5. The maximum atomic E-state index is 13.7. The molecule has 7 aromatic rings. The smallest absolute Gasteiger partial charge is 0.416 e. The molecule has 2 aliphatic rings. The minimum atomic E-state index is -4.33. The lowest BCUT2D eigenvalue weighted by Crippen LogP contribution is -2.41. The summed E-state index contributed by atoms with van der Waals surface area (Å²) < 4.78 is 126. The van der Waals surface area contributed by atoms with Crippen LogP contribution in [0.2, 0.25) is 5.02 Å². The number of phenols is 1. The van der Waals surface area contributed by atoms with Crippen molar-refractivity contribution in [2.75, 3.05) is 71.2 Å². The second-order valence-electron chi connectivity index (χ2n) is 26.1. The van der Waals surface area contributed by atoms with Gasteiger partial charge in [-0.2, -0.15) is 22.0 Å². The number of benzene rings is 5. The van der Waals surface area contributed by atoms with E-state index in [1.807, 2.05) is 11.5 Å². The Morgan fingerprint density at radius 2 is 1.50 bits per heavy atom. The van der Waals surface area contributed by atoms with Crippen LogP contribution in [0.15, 0.2) is 125 Å². The SMILES string of the molecule is CC(=O)CC(CN)CC(C)C.CC(F)(F)Oc1ccc2nc(N)sc2c1.CCCCCC/C(=N/OCCN)c1ccc(C(F)(F)F)cc1.CCOC(=O)C1=C(COCCN)NC(C)=C(C(=O)OC)C1c1ccccc1Cl.Cc1nnc2n1CCN(C(=O)CC(N)Cc1cc(F)c(F)cc1F)C2.Nc1ccc(O)c(C(=O)O)c1. The van der Waals surface area contributed by atoms with Crippen molar-refractivity contribution in [1.82, 2.24) is 30.0 Å². The Labute approximate surface area is 654 Å². The van der Waals surface area contributed by atoms with Crippen molar-refractivity contribution in [1.29, 1.82) is 0 Å². The number of nitrogens with one attached hydrogen (secondary N) is 1. The number of unbranched alkanes of at least 4 members (excludes halogenated alkanes) is 3. The van der Waals surface area contributed by atoms with Gasteiger partial charge in [0.15, 0.2) is 22.6 Å². The van der Waals surface area contributed by atoms with Gasteiger partial charge in [0.25, 0.3) is 0 Å². The minimum Gasteiger partial charge on any atom is -0.507 e. The van der Waals surface area contributed by atoms with E-state index in [0.29, 0.717) is 151 Å². The molecule has 0 fully saturated rings. The van der Waals surface area contributed by atoms with Gasteiger partial charge in [0.2, 0.25) is 5.91 Å². The van der Waals surface area contributed by atoms with Crippen molar-refractivity contribution < 1.29 is 93.1 Å². The van der Waals surface area contributed by atoms with E-state index < -0.39 is 65.2 Å². The molecule has 3 unspecified atom stereocenters. The van der Waals surface area contributed by atoms with Crippen LogP contribution in [0.4, 0.5) is 45.9 Å². The van der Waals surface area contributed by atoms with Crippen LogP contribution in [0, 0.1) is 36.2 Å². The number of nitrogens with two attached hydrogens (primary N) is 6. The van der Waals surface area contributed by atoms with Gasteiger partial charge >= 0.3 is 30.2 Å². The van der Waals surface area contributed by atoms with E-state index in [2.05, 4.69) is 51.2 Å². The zero-order valence-electron chi connectivity index (χ0n) is 63.9. The number of fused-ring (bicyclic) bond motifs is 2. The first kappa shape index (κ1) is 94.5. The van der Waals surface area contributed by atoms with Gasteiger partial charge in [-0.05, 0) is 149 Å². The van der Waals surface area contributed by atoms with E-state index in [-0.39, 0.29) is 65.9 Å². The summed E-state index contributed by atoms with van der Waals surface area (Å²) in [7, 11) is 1.29. The van der Waals surface area contributed by atoms with Crippen LogP contribution in [-0.4, -0.2) is 142 Å². The molecule has 15 N–H and O–H groups in total. The number of amides is 1. The number of oxime groups is 1. The number of nitrogens with zero attached hydrogens (tertiary/aromatic N) is 6. The molecule has 0 saturated carbocycles. The highest BCUT2D eigenvalue weighted by molar-refractivity contribution is 7.22. The first-order chi connectivity index (χ1) is 52.9. The van der Waals surface area contributed by atoms with E-state index in [0.717, 1.165) is 60.8 Å². The maximum absolute atomic E-state index is 13.7. The Morgan fingerprint density at radius 3 is 2.09 bits per heavy atom. The second-order valence-corrected chi connectivity index (χ2v) is 27.5. The number of halogens is 9. The molecule has 112 heavy (non-hydrogen) atoms. The number of carboxylic acid groups (broad SMARTS) is 1. The van der Waals surface area contributed by atoms with Crippen molar-refractivity contribution in [3.8, 4) is 11.5 Å². The van der Waals surface area contributed by atoms with Gasteiger partial charge in [0, 0.05) is 74.5 Å². The molecule has 5 aromatic carbocycles. The number of hydrogen-bond acceptors (Lipinski definition) is 23. The number of aryl methyl sites for hydroxylation is 1. The molecule has 9 rings (SSSR count). The summed E-state index contributed by atoms with van der Waals surface area (Å²) >= 11 is 7.66. The van der Waals surface area contributed by atoms with Gasteiger partial charge in [0.1, 0.15) is 41.1 Å². The van der Waals surface area contributed by atoms with Crippen LogP contribution < -0.4 is 44.5 Å². The summed E-state index contributed by atoms with van der Waals surface area (Å²) in [6.07, 6.45) is -0.950. The van der Waals surface area contributed by atoms with Crippen LogP contribution >= 0.6 is 22.9 Å². The number of anilines is 2. The molecule has 2 aliphatic heterocycles.